The second kappa shape index (κ2) is 11.7. The summed E-state index contributed by atoms with van der Waals surface area (Å²) in [6.45, 7) is 7.49. The van der Waals surface area contributed by atoms with Crippen LogP contribution in [0.3, 0.4) is 0 Å². The molecule has 0 spiro atoms. The number of ketones is 1. The van der Waals surface area contributed by atoms with Crippen molar-refractivity contribution in [2.75, 3.05) is 33.4 Å². The van der Waals surface area contributed by atoms with Crippen LogP contribution in [0.1, 0.15) is 55.5 Å². The molecule has 2 atom stereocenters. The molecule has 0 N–H and O–H groups in total. The van der Waals surface area contributed by atoms with Gasteiger partial charge in [0.05, 0.1) is 23.8 Å². The van der Waals surface area contributed by atoms with Gasteiger partial charge in [-0.15, -0.1) is 0 Å². The van der Waals surface area contributed by atoms with Gasteiger partial charge in [0.1, 0.15) is 30.5 Å². The number of piperidine rings is 1. The van der Waals surface area contributed by atoms with Crippen molar-refractivity contribution in [2.24, 2.45) is 17.0 Å². The normalized spacial score (nSPS) is 21.4. The summed E-state index contributed by atoms with van der Waals surface area (Å²) in [5.74, 6) is 1.43. The standard InChI is InChI=1S/C28H35FN2O4/c1-19-20(2)35-26-18-24(10-11-25(26)28(19)32)34-17-5-4-14-31-15-12-22(13-16-31)27(30-33-3)21-6-8-23(29)9-7-21/h6-11,18-20,22H,4-5,12-17H2,1-3H3/b30-27+. The van der Waals surface area contributed by atoms with Crippen LogP contribution in [0.4, 0.5) is 4.39 Å². The third-order valence-corrected chi connectivity index (χ3v) is 7.09. The number of carbonyl (C=O) groups excluding carboxylic acids is 1. The molecule has 2 unspecified atom stereocenters. The molecule has 35 heavy (non-hydrogen) atoms. The number of likely N-dealkylation sites (tertiary alicyclic amines) is 1. The van der Waals surface area contributed by atoms with Crippen molar-refractivity contribution in [3.8, 4) is 11.5 Å². The highest BCUT2D eigenvalue weighted by Gasteiger charge is 2.31. The van der Waals surface area contributed by atoms with Crippen LogP contribution in [0.2, 0.25) is 0 Å². The van der Waals surface area contributed by atoms with E-state index in [0.717, 1.165) is 62.3 Å². The first-order chi connectivity index (χ1) is 17.0. The first kappa shape index (κ1) is 25.2. The zero-order valence-electron chi connectivity index (χ0n) is 20.8. The number of hydrogen-bond acceptors (Lipinski definition) is 6. The van der Waals surface area contributed by atoms with Crippen molar-refractivity contribution in [3.05, 3.63) is 59.4 Å². The fourth-order valence-corrected chi connectivity index (χ4v) is 4.79. The molecule has 0 bridgehead atoms. The van der Waals surface area contributed by atoms with E-state index in [2.05, 4.69) is 10.1 Å². The quantitative estimate of drug-likeness (QED) is 0.274. The van der Waals surface area contributed by atoms with E-state index in [1.54, 1.807) is 19.2 Å². The number of unbranched alkanes of at least 4 members (excludes halogenated alkanes) is 1. The molecule has 7 heteroatoms. The minimum atomic E-state index is -0.247. The summed E-state index contributed by atoms with van der Waals surface area (Å²) in [5, 5.41) is 4.26. The monoisotopic (exact) mass is 482 g/mol. The molecular weight excluding hydrogens is 447 g/mol. The van der Waals surface area contributed by atoms with E-state index < -0.39 is 0 Å². The number of rotatable bonds is 9. The summed E-state index contributed by atoms with van der Waals surface area (Å²) in [7, 11) is 1.55. The number of carbonyl (C=O) groups is 1. The van der Waals surface area contributed by atoms with Crippen LogP contribution in [0, 0.1) is 17.7 Å². The topological polar surface area (TPSA) is 60.4 Å². The minimum Gasteiger partial charge on any atom is -0.493 e. The van der Waals surface area contributed by atoms with Crippen LogP contribution in [-0.2, 0) is 4.84 Å². The molecule has 0 radical (unpaired) electrons. The van der Waals surface area contributed by atoms with Gasteiger partial charge in [0.2, 0.25) is 0 Å². The second-order valence-corrected chi connectivity index (χ2v) is 9.47. The SMILES string of the molecule is CO/N=C(\c1ccc(F)cc1)C1CCN(CCCCOc2ccc3c(c2)OC(C)C(C)C3=O)CC1. The zero-order valence-corrected chi connectivity index (χ0v) is 20.8. The highest BCUT2D eigenvalue weighted by Crippen LogP contribution is 2.33. The maximum absolute atomic E-state index is 13.3. The van der Waals surface area contributed by atoms with Crippen LogP contribution in [0.5, 0.6) is 11.5 Å². The molecule has 2 aliphatic rings. The number of benzene rings is 2. The summed E-state index contributed by atoms with van der Waals surface area (Å²) in [5.41, 5.74) is 2.47. The Labute approximate surface area is 207 Å². The molecule has 6 nitrogen and oxygen atoms in total. The summed E-state index contributed by atoms with van der Waals surface area (Å²) >= 11 is 0. The number of Topliss-reactive ketones (excluding diaryl/α,β-unsaturated/α-hetero) is 1. The van der Waals surface area contributed by atoms with Gasteiger partial charge in [0.25, 0.3) is 0 Å². The van der Waals surface area contributed by atoms with Crippen molar-refractivity contribution in [1.29, 1.82) is 0 Å². The molecule has 1 fully saturated rings. The van der Waals surface area contributed by atoms with Gasteiger partial charge in [-0.05, 0) is 82.1 Å². The van der Waals surface area contributed by atoms with Crippen molar-refractivity contribution < 1.29 is 23.5 Å². The summed E-state index contributed by atoms with van der Waals surface area (Å²) in [4.78, 5) is 20.0. The van der Waals surface area contributed by atoms with Crippen molar-refractivity contribution in [1.82, 2.24) is 4.90 Å². The fraction of sp³-hybridized carbons (Fsp3) is 0.500. The molecular formula is C28H35FN2O4. The van der Waals surface area contributed by atoms with Gasteiger partial charge in [-0.3, -0.25) is 4.79 Å². The zero-order chi connectivity index (χ0) is 24.8. The summed E-state index contributed by atoms with van der Waals surface area (Å²) in [6.07, 6.45) is 3.88. The molecule has 2 heterocycles. The fourth-order valence-electron chi connectivity index (χ4n) is 4.79. The molecule has 2 aromatic carbocycles. The van der Waals surface area contributed by atoms with Crippen LogP contribution >= 0.6 is 0 Å². The first-order valence-corrected chi connectivity index (χ1v) is 12.5. The number of nitrogens with zero attached hydrogens (tertiary/aromatic N) is 2. The predicted octanol–water partition coefficient (Wildman–Crippen LogP) is 5.35. The molecule has 188 valence electrons. The molecule has 2 aromatic rings. The van der Waals surface area contributed by atoms with E-state index in [-0.39, 0.29) is 23.6 Å². The Bertz CT molecular complexity index is 1030. The molecule has 0 saturated carbocycles. The predicted molar refractivity (Wildman–Crippen MR) is 134 cm³/mol. The Balaban J connectivity index is 1.18. The van der Waals surface area contributed by atoms with Crippen molar-refractivity contribution >= 4 is 11.5 Å². The van der Waals surface area contributed by atoms with Crippen molar-refractivity contribution in [2.45, 2.75) is 45.6 Å². The number of hydrogen-bond donors (Lipinski definition) is 0. The van der Waals surface area contributed by atoms with E-state index >= 15 is 0 Å². The van der Waals surface area contributed by atoms with Gasteiger partial charge in [-0.1, -0.05) is 24.2 Å². The van der Waals surface area contributed by atoms with E-state index in [9.17, 15) is 9.18 Å². The molecule has 4 rings (SSSR count). The lowest BCUT2D eigenvalue weighted by molar-refractivity contribution is 0.0729. The number of ether oxygens (including phenoxy) is 2. The minimum absolute atomic E-state index is 0.123. The van der Waals surface area contributed by atoms with Gasteiger partial charge in [-0.2, -0.15) is 0 Å². The van der Waals surface area contributed by atoms with Gasteiger partial charge >= 0.3 is 0 Å². The van der Waals surface area contributed by atoms with Gasteiger partial charge in [0, 0.05) is 12.0 Å². The van der Waals surface area contributed by atoms with E-state index in [1.165, 1.54) is 12.1 Å². The maximum Gasteiger partial charge on any atom is 0.173 e. The average Bonchev–Trinajstić information content (AvgIpc) is 2.87. The number of oxime groups is 1. The molecule has 1 saturated heterocycles. The van der Waals surface area contributed by atoms with Crippen LogP contribution in [0.25, 0.3) is 0 Å². The third kappa shape index (κ3) is 6.20. The Morgan fingerprint density at radius 2 is 1.86 bits per heavy atom. The van der Waals surface area contributed by atoms with E-state index in [1.807, 2.05) is 32.0 Å². The van der Waals surface area contributed by atoms with Gasteiger partial charge < -0.3 is 19.2 Å². The van der Waals surface area contributed by atoms with E-state index in [0.29, 0.717) is 23.8 Å². The van der Waals surface area contributed by atoms with Crippen LogP contribution < -0.4 is 9.47 Å². The van der Waals surface area contributed by atoms with E-state index in [4.69, 9.17) is 14.3 Å². The Kier molecular flexibility index (Phi) is 8.39. The Hall–Kier alpha value is -2.93. The third-order valence-electron chi connectivity index (χ3n) is 7.09. The number of halogens is 1. The highest BCUT2D eigenvalue weighted by molar-refractivity contribution is 6.02. The lowest BCUT2D eigenvalue weighted by atomic mass is 9.88. The second-order valence-electron chi connectivity index (χ2n) is 9.47. The lowest BCUT2D eigenvalue weighted by Crippen LogP contribution is -2.37. The van der Waals surface area contributed by atoms with Crippen LogP contribution in [0.15, 0.2) is 47.6 Å². The largest absolute Gasteiger partial charge is 0.493 e. The van der Waals surface area contributed by atoms with Gasteiger partial charge in [0.15, 0.2) is 5.78 Å². The van der Waals surface area contributed by atoms with Crippen molar-refractivity contribution in [3.63, 3.8) is 0 Å². The number of fused-ring (bicyclic) bond motifs is 1. The molecule has 0 aliphatic carbocycles. The molecule has 2 aliphatic heterocycles. The Morgan fingerprint density at radius 1 is 1.11 bits per heavy atom. The Morgan fingerprint density at radius 3 is 2.57 bits per heavy atom. The molecule has 0 amide bonds. The smallest absolute Gasteiger partial charge is 0.173 e. The first-order valence-electron chi connectivity index (χ1n) is 12.5. The average molecular weight is 483 g/mol. The van der Waals surface area contributed by atoms with Crippen LogP contribution in [-0.4, -0.2) is 55.8 Å². The molecule has 0 aromatic heterocycles. The summed E-state index contributed by atoms with van der Waals surface area (Å²) in [6, 6.07) is 12.0. The highest BCUT2D eigenvalue weighted by atomic mass is 19.1. The lowest BCUT2D eigenvalue weighted by Gasteiger charge is -2.32. The maximum atomic E-state index is 13.3. The van der Waals surface area contributed by atoms with Gasteiger partial charge in [-0.25, -0.2) is 4.39 Å². The summed E-state index contributed by atoms with van der Waals surface area (Å²) < 4.78 is 25.1.